The average molecular weight is 658 g/mol. The molecule has 5 rings (SSSR count). The van der Waals surface area contributed by atoms with Gasteiger partial charge < -0.3 is 25.5 Å². The molecule has 1 heterocycles. The summed E-state index contributed by atoms with van der Waals surface area (Å²) in [6.07, 6.45) is 1.00. The van der Waals surface area contributed by atoms with Gasteiger partial charge in [-0.15, -0.1) is 0 Å². The Morgan fingerprint density at radius 1 is 0.688 bits per heavy atom. The predicted octanol–water partition coefficient (Wildman–Crippen LogP) is 3.81. The minimum absolute atomic E-state index is 0.174. The summed E-state index contributed by atoms with van der Waals surface area (Å²) >= 11 is 0. The molecule has 0 bridgehead atoms. The van der Waals surface area contributed by atoms with Gasteiger partial charge in [0.2, 0.25) is 11.6 Å². The molecular weight excluding hydrogens is 621 g/mol. The number of benzene rings is 4. The lowest BCUT2D eigenvalue weighted by atomic mass is 9.73. The van der Waals surface area contributed by atoms with Gasteiger partial charge in [0.25, 0.3) is 11.2 Å². The Kier molecular flexibility index (Phi) is 11.7. The number of aliphatic hydroxyl groups excluding tert-OH is 1. The summed E-state index contributed by atoms with van der Waals surface area (Å²) in [4.78, 5) is 50.9. The lowest BCUT2D eigenvalue weighted by molar-refractivity contribution is -0.187. The van der Waals surface area contributed by atoms with E-state index in [1.165, 1.54) is 54.1 Å². The number of aliphatic carboxylic acids is 2. The number of piperidine rings is 1. The van der Waals surface area contributed by atoms with Crippen LogP contribution in [0.3, 0.4) is 0 Å². The second kappa shape index (κ2) is 15.7. The number of rotatable bonds is 11. The van der Waals surface area contributed by atoms with E-state index in [1.54, 1.807) is 0 Å². The summed E-state index contributed by atoms with van der Waals surface area (Å²) in [5.41, 5.74) is -6.24. The second-order valence-corrected chi connectivity index (χ2v) is 11.5. The molecule has 0 amide bonds. The van der Waals surface area contributed by atoms with Crippen LogP contribution in [0.4, 0.5) is 4.39 Å². The molecule has 0 saturated carbocycles. The van der Waals surface area contributed by atoms with Gasteiger partial charge in [-0.05, 0) is 42.1 Å². The van der Waals surface area contributed by atoms with E-state index in [0.29, 0.717) is 5.92 Å². The fraction of sp³-hybridized carbons (Fsp3) is 0.243. The second-order valence-electron chi connectivity index (χ2n) is 11.5. The van der Waals surface area contributed by atoms with Crippen molar-refractivity contribution in [3.8, 4) is 0 Å². The Morgan fingerprint density at radius 2 is 1.12 bits per heavy atom. The van der Waals surface area contributed by atoms with Crippen LogP contribution in [0.5, 0.6) is 0 Å². The van der Waals surface area contributed by atoms with Crippen LogP contribution < -0.4 is 0 Å². The summed E-state index contributed by atoms with van der Waals surface area (Å²) < 4.78 is 13.1. The van der Waals surface area contributed by atoms with E-state index in [2.05, 4.69) is 29.2 Å². The number of carbonyl (C=O) groups excluding carboxylic acids is 2. The summed E-state index contributed by atoms with van der Waals surface area (Å²) in [5.74, 6) is -7.70. The third kappa shape index (κ3) is 7.56. The van der Waals surface area contributed by atoms with Crippen LogP contribution in [-0.2, 0) is 16.1 Å². The Balaban J connectivity index is 0.000000219. The molecule has 1 fully saturated rings. The molecule has 5 N–H and O–H groups in total. The van der Waals surface area contributed by atoms with Crippen molar-refractivity contribution in [1.29, 1.82) is 0 Å². The Bertz CT molecular complexity index is 1630. The number of halogens is 1. The molecule has 4 aromatic rings. The zero-order valence-corrected chi connectivity index (χ0v) is 25.9. The number of carboxylic acid groups (broad SMARTS) is 2. The topological polar surface area (TPSA) is 173 Å². The van der Waals surface area contributed by atoms with Crippen LogP contribution in [0, 0.1) is 11.7 Å². The molecule has 1 saturated heterocycles. The van der Waals surface area contributed by atoms with E-state index < -0.39 is 45.8 Å². The highest BCUT2D eigenvalue weighted by Gasteiger charge is 2.69. The number of ketones is 2. The van der Waals surface area contributed by atoms with Gasteiger partial charge in [0.15, 0.2) is 0 Å². The van der Waals surface area contributed by atoms with Crippen molar-refractivity contribution in [3.05, 3.63) is 143 Å². The first-order valence-electron chi connectivity index (χ1n) is 15.2. The van der Waals surface area contributed by atoms with Crippen molar-refractivity contribution in [2.75, 3.05) is 19.7 Å². The molecule has 250 valence electrons. The fourth-order valence-electron chi connectivity index (χ4n) is 5.86. The molecule has 48 heavy (non-hydrogen) atoms. The van der Waals surface area contributed by atoms with Crippen LogP contribution in [-0.4, -0.2) is 84.8 Å². The number of hydrogen-bond donors (Lipinski definition) is 5. The Morgan fingerprint density at radius 3 is 1.54 bits per heavy atom. The van der Waals surface area contributed by atoms with Gasteiger partial charge in [0.1, 0.15) is 5.82 Å². The maximum atomic E-state index is 13.1. The first-order valence-corrected chi connectivity index (χ1v) is 15.2. The lowest BCUT2D eigenvalue weighted by Crippen LogP contribution is -2.71. The van der Waals surface area contributed by atoms with Gasteiger partial charge in [-0.25, -0.2) is 14.0 Å². The Hall–Kier alpha value is -5.07. The van der Waals surface area contributed by atoms with Crippen LogP contribution >= 0.6 is 0 Å². The summed E-state index contributed by atoms with van der Waals surface area (Å²) in [7, 11) is 0. The molecular formula is C37H36FNO9. The molecule has 10 nitrogen and oxygen atoms in total. The molecule has 1 aliphatic heterocycles. The lowest BCUT2D eigenvalue weighted by Gasteiger charge is -2.38. The number of Topliss-reactive ketones (excluding diaryl/α,β-unsaturated/α-hetero) is 2. The molecule has 0 spiro atoms. The number of carbonyl (C=O) groups is 4. The van der Waals surface area contributed by atoms with Crippen molar-refractivity contribution >= 4 is 23.5 Å². The van der Waals surface area contributed by atoms with Crippen molar-refractivity contribution < 1.29 is 49.1 Å². The molecule has 0 aromatic heterocycles. The number of nitrogens with zero attached hydrogens (tertiary/aromatic N) is 1. The van der Waals surface area contributed by atoms with E-state index in [4.69, 9.17) is 0 Å². The van der Waals surface area contributed by atoms with Gasteiger partial charge in [0, 0.05) is 36.7 Å². The van der Waals surface area contributed by atoms with Crippen molar-refractivity contribution in [3.63, 3.8) is 0 Å². The molecule has 11 heteroatoms. The van der Waals surface area contributed by atoms with E-state index >= 15 is 0 Å². The summed E-state index contributed by atoms with van der Waals surface area (Å²) in [6, 6.07) is 30.0. The highest BCUT2D eigenvalue weighted by molar-refractivity contribution is 6.28. The molecule has 0 aliphatic carbocycles. The van der Waals surface area contributed by atoms with E-state index in [0.717, 1.165) is 55.9 Å². The van der Waals surface area contributed by atoms with Crippen molar-refractivity contribution in [2.45, 2.75) is 30.1 Å². The number of carboxylic acids is 2. The fourth-order valence-corrected chi connectivity index (χ4v) is 5.86. The molecule has 1 aliphatic rings. The third-order valence-corrected chi connectivity index (χ3v) is 8.47. The Labute approximate surface area is 276 Å². The average Bonchev–Trinajstić information content (AvgIpc) is 3.12. The van der Waals surface area contributed by atoms with Crippen molar-refractivity contribution in [2.24, 2.45) is 5.92 Å². The third-order valence-electron chi connectivity index (χ3n) is 8.47. The number of hydrogen-bond acceptors (Lipinski definition) is 8. The minimum atomic E-state index is -3.95. The van der Waals surface area contributed by atoms with Gasteiger partial charge in [-0.1, -0.05) is 103 Å². The monoisotopic (exact) mass is 657 g/mol. The first kappa shape index (κ1) is 35.8. The van der Waals surface area contributed by atoms with Gasteiger partial charge in [-0.3, -0.25) is 14.5 Å². The standard InChI is InChI=1S/C19H22FNO.C18H14O8/c20-18-8-6-16(7-9-18)19-10-11-21(13-17(19)14-22)12-15-4-2-1-3-5-15;19-13(11-7-3-1-4-8-11)17(25,15(21)22)18(26,16(23)24)14(20)12-9-5-2-6-10-12/h1-9,17,19,22H,10-14H2;1-10,25-26H,(H,21,22)(H,23,24)/t17-,19+;/m1./s1. The van der Waals surface area contributed by atoms with Crippen LogP contribution in [0.15, 0.2) is 115 Å². The normalized spacial score (nSPS) is 18.7. The van der Waals surface area contributed by atoms with Gasteiger partial charge in [0.05, 0.1) is 0 Å². The maximum absolute atomic E-state index is 13.1. The highest BCUT2D eigenvalue weighted by Crippen LogP contribution is 2.34. The molecule has 0 radical (unpaired) electrons. The van der Waals surface area contributed by atoms with Crippen LogP contribution in [0.2, 0.25) is 0 Å². The van der Waals surface area contributed by atoms with Crippen LogP contribution in [0.25, 0.3) is 0 Å². The van der Waals surface area contributed by atoms with Gasteiger partial charge in [-0.2, -0.15) is 0 Å². The highest BCUT2D eigenvalue weighted by atomic mass is 19.1. The van der Waals surface area contributed by atoms with E-state index in [1.807, 2.05) is 18.2 Å². The van der Waals surface area contributed by atoms with Crippen molar-refractivity contribution in [1.82, 2.24) is 4.90 Å². The molecule has 2 unspecified atom stereocenters. The molecule has 4 aromatic carbocycles. The van der Waals surface area contributed by atoms with E-state index in [9.17, 15) is 49.1 Å². The minimum Gasteiger partial charge on any atom is -0.479 e. The SMILES string of the molecule is O=C(O)C(O)(C(=O)c1ccccc1)C(O)(C(=O)O)C(=O)c1ccccc1.OC[C@H]1CN(Cc2ccccc2)CC[C@H]1c1ccc(F)cc1. The zero-order valence-electron chi connectivity index (χ0n) is 25.9. The van der Waals surface area contributed by atoms with E-state index in [-0.39, 0.29) is 18.3 Å². The van der Waals surface area contributed by atoms with Gasteiger partial charge >= 0.3 is 11.9 Å². The summed E-state index contributed by atoms with van der Waals surface area (Å²) in [6.45, 7) is 2.99. The number of likely N-dealkylation sites (tertiary alicyclic amines) is 1. The summed E-state index contributed by atoms with van der Waals surface area (Å²) in [5, 5.41) is 49.6. The largest absolute Gasteiger partial charge is 0.479 e. The predicted molar refractivity (Wildman–Crippen MR) is 173 cm³/mol. The number of aliphatic hydroxyl groups is 3. The van der Waals surface area contributed by atoms with Crippen LogP contribution in [0.1, 0.15) is 44.2 Å². The first-order chi connectivity index (χ1) is 22.9. The smallest absolute Gasteiger partial charge is 0.348 e. The quantitative estimate of drug-likeness (QED) is 0.118. The maximum Gasteiger partial charge on any atom is 0.348 e. The zero-order chi connectivity index (χ0) is 34.9. The molecule has 4 atom stereocenters.